The first-order valence-corrected chi connectivity index (χ1v) is 4.68. The Morgan fingerprint density at radius 3 is 2.53 bits per heavy atom. The van der Waals surface area contributed by atoms with Crippen LogP contribution < -0.4 is 0 Å². The van der Waals surface area contributed by atoms with Gasteiger partial charge in [0.25, 0.3) is 5.69 Å². The van der Waals surface area contributed by atoms with Gasteiger partial charge in [0.15, 0.2) is 0 Å². The Hall–Kier alpha value is -1.11. The average molecular weight is 231 g/mol. The number of nitro benzene ring substituents is 1. The highest BCUT2D eigenvalue weighted by atomic mass is 32.1. The fraction of sp³-hybridized carbons (Fsp3) is 0.333. The summed E-state index contributed by atoms with van der Waals surface area (Å²) in [6, 6.07) is 6.12. The van der Waals surface area contributed by atoms with E-state index in [1.165, 1.54) is 12.1 Å². The van der Waals surface area contributed by atoms with Crippen LogP contribution in [0.5, 0.6) is 0 Å². The van der Waals surface area contributed by atoms with Crippen LogP contribution >= 0.6 is 12.6 Å². The first-order valence-electron chi connectivity index (χ1n) is 4.23. The highest BCUT2D eigenvalue weighted by Crippen LogP contribution is 2.14. The molecule has 0 saturated heterocycles. The second-order valence-corrected chi connectivity index (χ2v) is 2.92. The quantitative estimate of drug-likeness (QED) is 0.360. The van der Waals surface area contributed by atoms with Crippen LogP contribution in [0.15, 0.2) is 29.2 Å². The molecule has 0 aliphatic rings. The molecule has 84 valence electrons. The Morgan fingerprint density at radius 2 is 2.27 bits per heavy atom. The zero-order chi connectivity index (χ0) is 11.7. The van der Waals surface area contributed by atoms with E-state index >= 15 is 0 Å². The lowest BCUT2D eigenvalue weighted by atomic mass is 10.3. The van der Waals surface area contributed by atoms with E-state index in [-0.39, 0.29) is 12.5 Å². The molecule has 1 aromatic rings. The topological polar surface area (TPSA) is 72.6 Å². The highest BCUT2D eigenvalue weighted by Gasteiger charge is 2.02. The van der Waals surface area contributed by atoms with Crippen molar-refractivity contribution in [1.82, 2.24) is 0 Å². The Balaban J connectivity index is 0.000000336. The third-order valence-electron chi connectivity index (χ3n) is 1.34. The largest absolute Gasteiger partial charge is 0.371 e. The van der Waals surface area contributed by atoms with E-state index < -0.39 is 4.92 Å². The molecule has 0 heterocycles. The molecule has 0 fully saturated rings. The van der Waals surface area contributed by atoms with Crippen LogP contribution in [-0.2, 0) is 4.74 Å². The molecule has 0 saturated carbocycles. The Labute approximate surface area is 93.2 Å². The number of rotatable bonds is 3. The van der Waals surface area contributed by atoms with E-state index in [0.29, 0.717) is 11.5 Å². The van der Waals surface area contributed by atoms with Crippen LogP contribution in [0.25, 0.3) is 0 Å². The van der Waals surface area contributed by atoms with Crippen LogP contribution in [0.1, 0.15) is 6.92 Å². The van der Waals surface area contributed by atoms with Crippen molar-refractivity contribution >= 4 is 18.3 Å². The summed E-state index contributed by atoms with van der Waals surface area (Å²) in [6.45, 7) is 2.27. The van der Waals surface area contributed by atoms with Gasteiger partial charge in [0.05, 0.1) is 4.92 Å². The van der Waals surface area contributed by atoms with Gasteiger partial charge in [-0.1, -0.05) is 6.07 Å². The minimum absolute atomic E-state index is 0.0764. The van der Waals surface area contributed by atoms with Gasteiger partial charge in [0.1, 0.15) is 6.79 Å². The summed E-state index contributed by atoms with van der Waals surface area (Å²) in [5.41, 5.74) is 0.0764. The lowest BCUT2D eigenvalue weighted by molar-refractivity contribution is -0.385. The van der Waals surface area contributed by atoms with Crippen LogP contribution in [0.2, 0.25) is 0 Å². The fourth-order valence-electron chi connectivity index (χ4n) is 0.698. The van der Waals surface area contributed by atoms with E-state index in [4.69, 9.17) is 5.11 Å². The maximum absolute atomic E-state index is 10.1. The molecule has 0 bridgehead atoms. The van der Waals surface area contributed by atoms with Crippen LogP contribution in [0, 0.1) is 10.1 Å². The molecule has 0 amide bonds. The summed E-state index contributed by atoms with van der Waals surface area (Å²) in [4.78, 5) is 10.3. The van der Waals surface area contributed by atoms with Crippen molar-refractivity contribution in [3.63, 3.8) is 0 Å². The third-order valence-corrected chi connectivity index (χ3v) is 1.61. The highest BCUT2D eigenvalue weighted by molar-refractivity contribution is 7.80. The molecule has 1 N–H and O–H groups in total. The molecule has 0 radical (unpaired) electrons. The molecule has 0 aromatic heterocycles. The first-order chi connectivity index (χ1) is 7.11. The van der Waals surface area contributed by atoms with Crippen LogP contribution in [0.3, 0.4) is 0 Å². The zero-order valence-corrected chi connectivity index (χ0v) is 9.18. The van der Waals surface area contributed by atoms with Crippen molar-refractivity contribution in [1.29, 1.82) is 0 Å². The maximum Gasteiger partial charge on any atom is 0.270 e. The normalized spacial score (nSPS) is 9.00. The van der Waals surface area contributed by atoms with Gasteiger partial charge < -0.3 is 9.84 Å². The molecule has 0 aliphatic carbocycles. The van der Waals surface area contributed by atoms with Crippen molar-refractivity contribution in [2.24, 2.45) is 0 Å². The lowest BCUT2D eigenvalue weighted by Crippen LogP contribution is -1.88. The van der Waals surface area contributed by atoms with Crippen molar-refractivity contribution in [3.05, 3.63) is 34.4 Å². The van der Waals surface area contributed by atoms with E-state index in [0.717, 1.165) is 0 Å². The molecule has 6 heteroatoms. The van der Waals surface area contributed by atoms with E-state index in [1.54, 1.807) is 12.1 Å². The van der Waals surface area contributed by atoms with E-state index in [2.05, 4.69) is 17.4 Å². The average Bonchev–Trinajstić information content (AvgIpc) is 2.20. The van der Waals surface area contributed by atoms with Crippen LogP contribution in [-0.4, -0.2) is 23.4 Å². The maximum atomic E-state index is 10.1. The molecule has 0 aliphatic heterocycles. The van der Waals surface area contributed by atoms with Crippen molar-refractivity contribution in [2.75, 3.05) is 13.4 Å². The fourth-order valence-corrected chi connectivity index (χ4v) is 0.916. The predicted octanol–water partition coefficient (Wildman–Crippen LogP) is 1.86. The number of aliphatic hydroxyl groups excluding tert-OH is 1. The SMILES string of the molecule is CCOCO.O=[N+]([O-])c1cccc(S)c1. The number of nitrogens with zero attached hydrogens (tertiary/aromatic N) is 1. The van der Waals surface area contributed by atoms with Gasteiger partial charge in [-0.15, -0.1) is 12.6 Å². The number of aliphatic hydroxyl groups is 1. The number of thiol groups is 1. The van der Waals surface area contributed by atoms with Gasteiger partial charge in [-0.2, -0.15) is 0 Å². The standard InChI is InChI=1S/C6H5NO2S.C3H8O2/c8-7(9)5-2-1-3-6(10)4-5;1-2-5-3-4/h1-4,10H;4H,2-3H2,1H3. The number of nitro groups is 1. The number of benzene rings is 1. The Kier molecular flexibility index (Phi) is 7.61. The number of ether oxygens (including phenoxy) is 1. The van der Waals surface area contributed by atoms with Gasteiger partial charge in [-0.05, 0) is 13.0 Å². The van der Waals surface area contributed by atoms with Crippen molar-refractivity contribution in [2.45, 2.75) is 11.8 Å². The zero-order valence-electron chi connectivity index (χ0n) is 8.29. The molecular formula is C9H13NO4S. The molecule has 0 atom stereocenters. The predicted molar refractivity (Wildman–Crippen MR) is 59.1 cm³/mol. The Bertz CT molecular complexity index is 304. The van der Waals surface area contributed by atoms with Gasteiger partial charge in [-0.25, -0.2) is 0 Å². The summed E-state index contributed by atoms with van der Waals surface area (Å²) in [7, 11) is 0. The van der Waals surface area contributed by atoms with Crippen LogP contribution in [0.4, 0.5) is 5.69 Å². The van der Waals surface area contributed by atoms with Gasteiger partial charge in [-0.3, -0.25) is 10.1 Å². The van der Waals surface area contributed by atoms with Gasteiger partial charge in [0.2, 0.25) is 0 Å². The number of hydrogen-bond donors (Lipinski definition) is 2. The third kappa shape index (κ3) is 6.89. The van der Waals surface area contributed by atoms with Gasteiger partial charge in [0, 0.05) is 23.6 Å². The Morgan fingerprint density at radius 1 is 1.60 bits per heavy atom. The molecule has 0 unspecified atom stereocenters. The molecule has 5 nitrogen and oxygen atoms in total. The summed E-state index contributed by atoms with van der Waals surface area (Å²) in [5.74, 6) is 0. The molecule has 15 heavy (non-hydrogen) atoms. The van der Waals surface area contributed by atoms with E-state index in [9.17, 15) is 10.1 Å². The minimum atomic E-state index is -0.445. The van der Waals surface area contributed by atoms with Crippen molar-refractivity contribution in [3.8, 4) is 0 Å². The summed E-state index contributed by atoms with van der Waals surface area (Å²) in [5, 5.41) is 18.0. The lowest BCUT2D eigenvalue weighted by Gasteiger charge is -1.90. The smallest absolute Gasteiger partial charge is 0.270 e. The van der Waals surface area contributed by atoms with Gasteiger partial charge >= 0.3 is 0 Å². The molecule has 1 rings (SSSR count). The number of hydrogen-bond acceptors (Lipinski definition) is 5. The molecule has 0 spiro atoms. The summed E-state index contributed by atoms with van der Waals surface area (Å²) < 4.78 is 4.39. The summed E-state index contributed by atoms with van der Waals surface area (Å²) in [6.07, 6.45) is 0. The monoisotopic (exact) mass is 231 g/mol. The molecule has 1 aromatic carbocycles. The van der Waals surface area contributed by atoms with Crippen molar-refractivity contribution < 1.29 is 14.8 Å². The minimum Gasteiger partial charge on any atom is -0.371 e. The second kappa shape index (κ2) is 8.22. The first kappa shape index (κ1) is 13.9. The van der Waals surface area contributed by atoms with E-state index in [1.807, 2.05) is 6.92 Å². The molecular weight excluding hydrogens is 218 g/mol. The number of non-ortho nitro benzene ring substituents is 1. The summed E-state index contributed by atoms with van der Waals surface area (Å²) >= 11 is 3.94. The second-order valence-electron chi connectivity index (χ2n) is 2.40.